The smallest absolute Gasteiger partial charge is 0.181 e. The van der Waals surface area contributed by atoms with Crippen LogP contribution in [-0.2, 0) is 0 Å². The van der Waals surface area contributed by atoms with Crippen LogP contribution in [0.15, 0.2) is 79.3 Å². The molecule has 7 rings (SSSR count). The molecule has 0 radical (unpaired) electrons. The number of anilines is 2. The second kappa shape index (κ2) is 10.1. The van der Waals surface area contributed by atoms with Crippen LogP contribution in [0, 0.1) is 0 Å². The number of hydrogen-bond acceptors (Lipinski definition) is 8. The first-order valence-corrected chi connectivity index (χ1v) is 13.3. The second-order valence-electron chi connectivity index (χ2n) is 10.2. The molecule has 0 bridgehead atoms. The summed E-state index contributed by atoms with van der Waals surface area (Å²) in [4.78, 5) is 22.2. The second-order valence-corrected chi connectivity index (χ2v) is 10.2. The van der Waals surface area contributed by atoms with Crippen molar-refractivity contribution < 1.29 is 5.11 Å². The van der Waals surface area contributed by atoms with Crippen LogP contribution in [0.1, 0.15) is 11.8 Å². The number of hydrogen-bond donors (Lipinski definition) is 4. The molecule has 200 valence electrons. The summed E-state index contributed by atoms with van der Waals surface area (Å²) in [5, 5.41) is 22.2. The molecule has 1 aliphatic rings. The molecule has 4 aromatic heterocycles. The van der Waals surface area contributed by atoms with Crippen molar-refractivity contribution in [3.63, 3.8) is 0 Å². The Bertz CT molecular complexity index is 1790. The predicted octanol–water partition coefficient (Wildman–Crippen LogP) is 4.42. The number of rotatable bonds is 6. The van der Waals surface area contributed by atoms with Gasteiger partial charge in [-0.05, 0) is 31.3 Å². The first-order valence-electron chi connectivity index (χ1n) is 13.3. The number of pyridine rings is 2. The van der Waals surface area contributed by atoms with E-state index in [0.717, 1.165) is 76.5 Å². The van der Waals surface area contributed by atoms with Crippen LogP contribution in [0.2, 0.25) is 0 Å². The first kappa shape index (κ1) is 24.3. The normalized spacial score (nSPS) is 15.1. The monoisotopic (exact) mass is 531 g/mol. The first-order chi connectivity index (χ1) is 19.6. The van der Waals surface area contributed by atoms with Gasteiger partial charge in [0.15, 0.2) is 17.7 Å². The molecule has 1 aliphatic heterocycles. The van der Waals surface area contributed by atoms with Crippen molar-refractivity contribution in [1.29, 1.82) is 0 Å². The third kappa shape index (κ3) is 4.53. The number of benzene rings is 2. The van der Waals surface area contributed by atoms with Crippen molar-refractivity contribution >= 4 is 33.4 Å². The zero-order chi connectivity index (χ0) is 27.1. The molecule has 4 N–H and O–H groups in total. The number of aliphatic hydroxyl groups is 1. The number of para-hydroxylation sites is 1. The van der Waals surface area contributed by atoms with Crippen LogP contribution in [0.3, 0.4) is 0 Å². The number of aromatic amines is 2. The Balaban J connectivity index is 1.21. The Hall–Kier alpha value is -4.80. The summed E-state index contributed by atoms with van der Waals surface area (Å²) in [6.07, 6.45) is 4.41. The molecule has 10 nitrogen and oxygen atoms in total. The maximum Gasteiger partial charge on any atom is 0.181 e. The van der Waals surface area contributed by atoms with Crippen molar-refractivity contribution in [2.24, 2.45) is 0 Å². The average Bonchev–Trinajstić information content (AvgIpc) is 3.62. The van der Waals surface area contributed by atoms with Crippen molar-refractivity contribution in [2.45, 2.75) is 6.23 Å². The Morgan fingerprint density at radius 1 is 0.925 bits per heavy atom. The molecule has 40 heavy (non-hydrogen) atoms. The van der Waals surface area contributed by atoms with Gasteiger partial charge in [-0.1, -0.05) is 36.4 Å². The molecule has 0 spiro atoms. The number of aromatic nitrogens is 6. The zero-order valence-corrected chi connectivity index (χ0v) is 22.0. The lowest BCUT2D eigenvalue weighted by atomic mass is 10.1. The number of likely N-dealkylation sites (N-methyl/N-ethyl adjacent to an activating group) is 1. The highest BCUT2D eigenvalue weighted by Gasteiger charge is 2.20. The van der Waals surface area contributed by atoms with E-state index in [1.165, 1.54) is 0 Å². The number of fused-ring (bicyclic) bond motifs is 2. The van der Waals surface area contributed by atoms with E-state index in [-0.39, 0.29) is 0 Å². The number of nitrogens with zero attached hydrogens (tertiary/aromatic N) is 6. The van der Waals surface area contributed by atoms with Gasteiger partial charge in [-0.3, -0.25) is 10.1 Å². The van der Waals surface area contributed by atoms with Gasteiger partial charge in [-0.2, -0.15) is 5.10 Å². The molecule has 0 aliphatic carbocycles. The van der Waals surface area contributed by atoms with E-state index in [4.69, 9.17) is 4.98 Å². The van der Waals surface area contributed by atoms with Crippen molar-refractivity contribution in [1.82, 2.24) is 35.0 Å². The third-order valence-corrected chi connectivity index (χ3v) is 7.47. The molecular weight excluding hydrogens is 502 g/mol. The maximum absolute atomic E-state index is 10.6. The number of imidazole rings is 1. The quantitative estimate of drug-likeness (QED) is 0.233. The minimum absolute atomic E-state index is 0.611. The van der Waals surface area contributed by atoms with Crippen LogP contribution in [0.4, 0.5) is 11.4 Å². The summed E-state index contributed by atoms with van der Waals surface area (Å²) in [6.45, 7) is 4.01. The topological polar surface area (TPSA) is 122 Å². The summed E-state index contributed by atoms with van der Waals surface area (Å²) in [5.41, 5.74) is 7.71. The SMILES string of the molecule is CN1CCN(c2cccc3[nH]c(-c4[nH]nc5ncc(-c6cncc(NC(O)c7ccccc7)c6)cc45)nc23)CC1. The average molecular weight is 532 g/mol. The summed E-state index contributed by atoms with van der Waals surface area (Å²) in [7, 11) is 2.16. The van der Waals surface area contributed by atoms with Gasteiger partial charge >= 0.3 is 0 Å². The summed E-state index contributed by atoms with van der Waals surface area (Å²) >= 11 is 0. The minimum Gasteiger partial charge on any atom is -0.369 e. The number of H-pyrrole nitrogens is 2. The number of nitrogens with one attached hydrogen (secondary N) is 3. The molecule has 1 atom stereocenters. The summed E-state index contributed by atoms with van der Waals surface area (Å²) in [6, 6.07) is 19.7. The van der Waals surface area contributed by atoms with Crippen LogP contribution in [0.25, 0.3) is 44.7 Å². The summed E-state index contributed by atoms with van der Waals surface area (Å²) < 4.78 is 0. The molecule has 1 unspecified atom stereocenters. The predicted molar refractivity (Wildman–Crippen MR) is 157 cm³/mol. The highest BCUT2D eigenvalue weighted by molar-refractivity contribution is 5.96. The summed E-state index contributed by atoms with van der Waals surface area (Å²) in [5.74, 6) is 0.720. The molecule has 2 aromatic carbocycles. The Morgan fingerprint density at radius 2 is 1.75 bits per heavy atom. The van der Waals surface area contributed by atoms with Crippen LogP contribution < -0.4 is 10.2 Å². The van der Waals surface area contributed by atoms with E-state index in [0.29, 0.717) is 11.3 Å². The van der Waals surface area contributed by atoms with Gasteiger partial charge in [0, 0.05) is 55.3 Å². The molecule has 0 amide bonds. The van der Waals surface area contributed by atoms with Gasteiger partial charge < -0.3 is 25.2 Å². The van der Waals surface area contributed by atoms with Gasteiger partial charge in [-0.25, -0.2) is 9.97 Å². The molecule has 6 aromatic rings. The third-order valence-electron chi connectivity index (χ3n) is 7.47. The van der Waals surface area contributed by atoms with Gasteiger partial charge in [0.1, 0.15) is 11.2 Å². The highest BCUT2D eigenvalue weighted by atomic mass is 16.3. The largest absolute Gasteiger partial charge is 0.369 e. The fourth-order valence-electron chi connectivity index (χ4n) is 5.23. The van der Waals surface area contributed by atoms with Crippen molar-refractivity contribution in [3.8, 4) is 22.6 Å². The van der Waals surface area contributed by atoms with Crippen LogP contribution in [-0.4, -0.2) is 73.4 Å². The lowest BCUT2D eigenvalue weighted by Crippen LogP contribution is -2.44. The Labute approximate surface area is 230 Å². The van der Waals surface area contributed by atoms with Gasteiger partial charge in [0.2, 0.25) is 0 Å². The van der Waals surface area contributed by atoms with E-state index in [9.17, 15) is 5.11 Å². The lowest BCUT2D eigenvalue weighted by Gasteiger charge is -2.34. The van der Waals surface area contributed by atoms with Gasteiger partial charge in [0.05, 0.1) is 28.5 Å². The molecule has 0 saturated carbocycles. The van der Waals surface area contributed by atoms with Crippen LogP contribution in [0.5, 0.6) is 0 Å². The van der Waals surface area contributed by atoms with Crippen LogP contribution >= 0.6 is 0 Å². The fourth-order valence-corrected chi connectivity index (χ4v) is 5.23. The maximum atomic E-state index is 10.6. The molecule has 1 saturated heterocycles. The molecule has 1 fully saturated rings. The zero-order valence-electron chi connectivity index (χ0n) is 22.0. The van der Waals surface area contributed by atoms with Crippen molar-refractivity contribution in [3.05, 3.63) is 84.8 Å². The molecular formula is C30H29N9O. The molecule has 10 heteroatoms. The van der Waals surface area contributed by atoms with Crippen molar-refractivity contribution in [2.75, 3.05) is 43.4 Å². The van der Waals surface area contributed by atoms with E-state index >= 15 is 0 Å². The Morgan fingerprint density at radius 3 is 2.60 bits per heavy atom. The van der Waals surface area contributed by atoms with Gasteiger partial charge in [0.25, 0.3) is 0 Å². The van der Waals surface area contributed by atoms with E-state index in [1.807, 2.05) is 42.5 Å². The van der Waals surface area contributed by atoms with Gasteiger partial charge in [-0.15, -0.1) is 0 Å². The number of piperazine rings is 1. The standard InChI is InChI=1S/C30H29N9O/c1-38-10-12-39(13-11-38)25-9-5-8-24-27(25)35-29(34-24)26-23-15-21(17-32-28(23)37-36-26)20-14-22(18-31-16-20)33-30(40)19-6-3-2-4-7-19/h2-9,14-18,30,33,40H,10-13H2,1H3,(H,34,35)(H,32,36,37). The molecule has 5 heterocycles. The van der Waals surface area contributed by atoms with E-state index in [2.05, 4.69) is 65.5 Å². The number of aliphatic hydroxyl groups excluding tert-OH is 1. The van der Waals surface area contributed by atoms with E-state index in [1.54, 1.807) is 18.6 Å². The Kier molecular flexibility index (Phi) is 6.10. The lowest BCUT2D eigenvalue weighted by molar-refractivity contribution is 0.208. The minimum atomic E-state index is -0.844. The van der Waals surface area contributed by atoms with E-state index < -0.39 is 6.23 Å². The highest BCUT2D eigenvalue weighted by Crippen LogP contribution is 2.32. The fraction of sp³-hybridized carbons (Fsp3) is 0.200.